The number of esters is 1. The van der Waals surface area contributed by atoms with Crippen molar-refractivity contribution in [2.75, 3.05) is 6.61 Å². The molecule has 0 spiro atoms. The van der Waals surface area contributed by atoms with Crippen LogP contribution in [0.25, 0.3) is 16.5 Å². The van der Waals surface area contributed by atoms with Gasteiger partial charge in [0, 0.05) is 17.0 Å². The van der Waals surface area contributed by atoms with Crippen LogP contribution in [0.4, 0.5) is 5.69 Å². The molecule has 9 heteroatoms. The second-order valence-corrected chi connectivity index (χ2v) is 4.21. The number of rotatable bonds is 7. The van der Waals surface area contributed by atoms with Crippen LogP contribution in [0, 0.1) is 10.1 Å². The highest BCUT2D eigenvalue weighted by atomic mass is 16.6. The van der Waals surface area contributed by atoms with Crippen molar-refractivity contribution >= 4 is 23.5 Å². The summed E-state index contributed by atoms with van der Waals surface area (Å²) >= 11 is 0. The van der Waals surface area contributed by atoms with Crippen LogP contribution >= 0.6 is 0 Å². The first-order valence-electron chi connectivity index (χ1n) is 6.07. The fourth-order valence-electron chi connectivity index (χ4n) is 1.45. The van der Waals surface area contributed by atoms with Crippen LogP contribution in [0.5, 0.6) is 0 Å². The number of ketones is 1. The van der Waals surface area contributed by atoms with E-state index in [9.17, 15) is 19.7 Å². The Bertz CT molecular complexity index is 660. The number of non-ortho nitro benzene ring substituents is 1. The molecule has 0 aromatic heterocycles. The summed E-state index contributed by atoms with van der Waals surface area (Å²) in [6.07, 6.45) is 1.06. The SMILES string of the molecule is CC(=O)CC(=O)OC/C(=C/c1ccc([N+](=O)[O-])cc1)N=[N+]=[N-]. The third-order valence-electron chi connectivity index (χ3n) is 2.38. The predicted octanol–water partition coefficient (Wildman–Crippen LogP) is 2.77. The standard InChI is InChI=1S/C13H12N4O5/c1-9(18)6-13(19)22-8-11(15-16-14)7-10-2-4-12(5-3-10)17(20)21/h2-5,7H,6,8H2,1H3/b11-7-. The van der Waals surface area contributed by atoms with E-state index in [-0.39, 0.29) is 30.2 Å². The Hall–Kier alpha value is -3.19. The number of carbonyl (C=O) groups excluding carboxylic acids is 2. The van der Waals surface area contributed by atoms with Gasteiger partial charge in [0.25, 0.3) is 5.69 Å². The molecular formula is C13H12N4O5. The lowest BCUT2D eigenvalue weighted by molar-refractivity contribution is -0.384. The molecular weight excluding hydrogens is 292 g/mol. The van der Waals surface area contributed by atoms with Gasteiger partial charge in [0.2, 0.25) is 0 Å². The Balaban J connectivity index is 2.81. The average molecular weight is 304 g/mol. The summed E-state index contributed by atoms with van der Waals surface area (Å²) in [4.78, 5) is 34.6. The van der Waals surface area contributed by atoms with Gasteiger partial charge in [0.1, 0.15) is 18.8 Å². The average Bonchev–Trinajstić information content (AvgIpc) is 2.45. The molecule has 0 aliphatic heterocycles. The van der Waals surface area contributed by atoms with E-state index in [2.05, 4.69) is 10.0 Å². The van der Waals surface area contributed by atoms with Gasteiger partial charge in [-0.1, -0.05) is 5.11 Å². The molecule has 0 N–H and O–H groups in total. The first kappa shape index (κ1) is 16.9. The van der Waals surface area contributed by atoms with Gasteiger partial charge in [-0.15, -0.1) is 0 Å². The molecule has 9 nitrogen and oxygen atoms in total. The second kappa shape index (κ2) is 8.18. The van der Waals surface area contributed by atoms with Gasteiger partial charge in [-0.25, -0.2) is 0 Å². The number of nitro groups is 1. The van der Waals surface area contributed by atoms with Crippen LogP contribution in [0.3, 0.4) is 0 Å². The number of carbonyl (C=O) groups is 2. The van der Waals surface area contributed by atoms with E-state index in [0.29, 0.717) is 5.56 Å². The van der Waals surface area contributed by atoms with Crippen LogP contribution < -0.4 is 0 Å². The van der Waals surface area contributed by atoms with E-state index in [1.807, 2.05) is 0 Å². The Morgan fingerprint density at radius 1 is 1.41 bits per heavy atom. The van der Waals surface area contributed by atoms with Gasteiger partial charge in [0.05, 0.1) is 10.6 Å². The van der Waals surface area contributed by atoms with Gasteiger partial charge in [0.15, 0.2) is 0 Å². The van der Waals surface area contributed by atoms with Gasteiger partial charge in [-0.2, -0.15) is 0 Å². The quantitative estimate of drug-likeness (QED) is 0.145. The van der Waals surface area contributed by atoms with Crippen molar-refractivity contribution < 1.29 is 19.2 Å². The topological polar surface area (TPSA) is 135 Å². The predicted molar refractivity (Wildman–Crippen MR) is 76.5 cm³/mol. The number of Topliss-reactive ketones (excluding diaryl/α,β-unsaturated/α-hetero) is 1. The highest BCUT2D eigenvalue weighted by Crippen LogP contribution is 2.15. The normalized spacial score (nSPS) is 10.5. The molecule has 1 rings (SSSR count). The van der Waals surface area contributed by atoms with E-state index in [1.165, 1.54) is 37.3 Å². The van der Waals surface area contributed by atoms with Crippen molar-refractivity contribution in [1.82, 2.24) is 0 Å². The molecule has 1 aromatic rings. The Morgan fingerprint density at radius 2 is 2.05 bits per heavy atom. The summed E-state index contributed by atoms with van der Waals surface area (Å²) in [6.45, 7) is 0.954. The van der Waals surface area contributed by atoms with Crippen LogP contribution in [0.15, 0.2) is 35.1 Å². The van der Waals surface area contributed by atoms with Gasteiger partial charge in [-0.3, -0.25) is 19.7 Å². The van der Waals surface area contributed by atoms with Crippen molar-refractivity contribution in [2.24, 2.45) is 5.11 Å². The van der Waals surface area contributed by atoms with E-state index >= 15 is 0 Å². The van der Waals surface area contributed by atoms with Crippen molar-refractivity contribution in [3.05, 3.63) is 56.1 Å². The molecule has 1 aromatic carbocycles. The lowest BCUT2D eigenvalue weighted by Gasteiger charge is -2.04. The smallest absolute Gasteiger partial charge is 0.313 e. The molecule has 0 saturated carbocycles. The fourth-order valence-corrected chi connectivity index (χ4v) is 1.45. The van der Waals surface area contributed by atoms with Gasteiger partial charge in [-0.05, 0) is 36.2 Å². The molecule has 0 unspecified atom stereocenters. The number of benzene rings is 1. The highest BCUT2D eigenvalue weighted by molar-refractivity contribution is 5.94. The second-order valence-electron chi connectivity index (χ2n) is 4.21. The van der Waals surface area contributed by atoms with Crippen molar-refractivity contribution in [1.29, 1.82) is 0 Å². The molecule has 0 atom stereocenters. The fraction of sp³-hybridized carbons (Fsp3) is 0.231. The molecule has 22 heavy (non-hydrogen) atoms. The van der Waals surface area contributed by atoms with Gasteiger partial charge < -0.3 is 4.74 Å². The minimum Gasteiger partial charge on any atom is -0.461 e. The molecule has 0 saturated heterocycles. The molecule has 0 radical (unpaired) electrons. The summed E-state index contributed by atoms with van der Waals surface area (Å²) in [5.74, 6) is -1.06. The number of azide groups is 1. The zero-order chi connectivity index (χ0) is 16.5. The van der Waals surface area contributed by atoms with Crippen LogP contribution in [-0.4, -0.2) is 23.3 Å². The Labute approximate surface area is 125 Å². The molecule has 0 aliphatic rings. The minimum absolute atomic E-state index is 0.0737. The Kier molecular flexibility index (Phi) is 6.27. The van der Waals surface area contributed by atoms with E-state index < -0.39 is 10.9 Å². The maximum atomic E-state index is 11.3. The first-order chi connectivity index (χ1) is 10.4. The van der Waals surface area contributed by atoms with E-state index in [1.54, 1.807) is 0 Å². The van der Waals surface area contributed by atoms with E-state index in [0.717, 1.165) is 0 Å². The third-order valence-corrected chi connectivity index (χ3v) is 2.38. The maximum Gasteiger partial charge on any atom is 0.313 e. The lowest BCUT2D eigenvalue weighted by Crippen LogP contribution is -2.10. The van der Waals surface area contributed by atoms with Crippen LogP contribution in [-0.2, 0) is 14.3 Å². The number of ether oxygens (including phenoxy) is 1. The molecule has 0 heterocycles. The summed E-state index contributed by atoms with van der Waals surface area (Å²) in [5, 5.41) is 13.9. The third kappa shape index (κ3) is 5.85. The highest BCUT2D eigenvalue weighted by Gasteiger charge is 2.08. The van der Waals surface area contributed by atoms with Crippen LogP contribution in [0.1, 0.15) is 18.9 Å². The largest absolute Gasteiger partial charge is 0.461 e. The number of nitrogens with zero attached hydrogens (tertiary/aromatic N) is 4. The molecule has 0 amide bonds. The zero-order valence-electron chi connectivity index (χ0n) is 11.6. The van der Waals surface area contributed by atoms with Crippen molar-refractivity contribution in [2.45, 2.75) is 13.3 Å². The molecule has 0 fully saturated rings. The lowest BCUT2D eigenvalue weighted by atomic mass is 10.2. The van der Waals surface area contributed by atoms with Crippen molar-refractivity contribution in [3.8, 4) is 0 Å². The number of hydrogen-bond donors (Lipinski definition) is 0. The van der Waals surface area contributed by atoms with E-state index in [4.69, 9.17) is 10.3 Å². The minimum atomic E-state index is -0.727. The Morgan fingerprint density at radius 3 is 2.55 bits per heavy atom. The maximum absolute atomic E-state index is 11.3. The molecule has 0 aliphatic carbocycles. The monoisotopic (exact) mass is 304 g/mol. The summed E-state index contributed by atoms with van der Waals surface area (Å²) in [6, 6.07) is 5.51. The van der Waals surface area contributed by atoms with Gasteiger partial charge >= 0.3 is 5.97 Å². The van der Waals surface area contributed by atoms with Crippen LogP contribution in [0.2, 0.25) is 0 Å². The van der Waals surface area contributed by atoms with Crippen molar-refractivity contribution in [3.63, 3.8) is 0 Å². The summed E-state index contributed by atoms with van der Waals surface area (Å²) < 4.78 is 4.80. The molecule has 114 valence electrons. The zero-order valence-corrected chi connectivity index (χ0v) is 11.6. The number of nitro benzene ring substituents is 1. The first-order valence-corrected chi connectivity index (χ1v) is 6.07. The summed E-state index contributed by atoms with van der Waals surface area (Å²) in [5.41, 5.74) is 9.04. The number of hydrogen-bond acceptors (Lipinski definition) is 6. The molecule has 0 bridgehead atoms. The summed E-state index contributed by atoms with van der Waals surface area (Å²) in [7, 11) is 0.